The van der Waals surface area contributed by atoms with Gasteiger partial charge in [-0.15, -0.1) is 10.2 Å². The zero-order chi connectivity index (χ0) is 18.5. The summed E-state index contributed by atoms with van der Waals surface area (Å²) in [4.78, 5) is 12.5. The molecule has 2 N–H and O–H groups in total. The molecule has 0 aliphatic heterocycles. The number of hydrogen-bond acceptors (Lipinski definition) is 7. The van der Waals surface area contributed by atoms with Gasteiger partial charge in [-0.2, -0.15) is 0 Å². The van der Waals surface area contributed by atoms with Crippen molar-refractivity contribution in [2.24, 2.45) is 0 Å². The Hall–Kier alpha value is -2.32. The van der Waals surface area contributed by atoms with E-state index in [2.05, 4.69) is 20.8 Å². The van der Waals surface area contributed by atoms with E-state index >= 15 is 0 Å². The van der Waals surface area contributed by atoms with Crippen LogP contribution in [0.1, 0.15) is 23.8 Å². The molecule has 0 aliphatic carbocycles. The highest BCUT2D eigenvalue weighted by atomic mass is 32.2. The number of benzene rings is 1. The summed E-state index contributed by atoms with van der Waals surface area (Å²) < 4.78 is 6.01. The lowest BCUT2D eigenvalue weighted by Gasteiger charge is -2.12. The Balaban J connectivity index is 1.54. The van der Waals surface area contributed by atoms with E-state index in [-0.39, 0.29) is 11.2 Å². The molecule has 3 aromatic rings. The van der Waals surface area contributed by atoms with Crippen LogP contribution in [0.15, 0.2) is 45.4 Å². The van der Waals surface area contributed by atoms with Crippen molar-refractivity contribution in [1.82, 2.24) is 10.2 Å². The van der Waals surface area contributed by atoms with Crippen LogP contribution < -0.4 is 10.6 Å². The molecule has 3 rings (SSSR count). The van der Waals surface area contributed by atoms with E-state index in [1.807, 2.05) is 51.1 Å². The molecule has 26 heavy (non-hydrogen) atoms. The number of aryl methyl sites for hydroxylation is 2. The molecule has 1 amide bonds. The molecule has 1 aromatic carbocycles. The van der Waals surface area contributed by atoms with Crippen LogP contribution in [0.4, 0.5) is 10.8 Å². The molecular weight excluding hydrogens is 368 g/mol. The summed E-state index contributed by atoms with van der Waals surface area (Å²) in [5.41, 5.74) is 3.00. The molecular formula is C18H20N4O2S2. The van der Waals surface area contributed by atoms with E-state index in [1.165, 1.54) is 23.1 Å². The quantitative estimate of drug-likeness (QED) is 0.581. The first-order valence-electron chi connectivity index (χ1n) is 8.16. The second kappa shape index (κ2) is 8.37. The molecule has 0 aliphatic rings. The monoisotopic (exact) mass is 388 g/mol. The Bertz CT molecular complexity index is 877. The maximum atomic E-state index is 12.5. The molecule has 0 unspecified atom stereocenters. The summed E-state index contributed by atoms with van der Waals surface area (Å²) in [6, 6.07) is 9.75. The van der Waals surface area contributed by atoms with Gasteiger partial charge in [0.15, 0.2) is 4.34 Å². The van der Waals surface area contributed by atoms with Crippen molar-refractivity contribution in [3.8, 4) is 0 Å². The van der Waals surface area contributed by atoms with Gasteiger partial charge >= 0.3 is 0 Å². The van der Waals surface area contributed by atoms with Crippen LogP contribution in [0, 0.1) is 13.8 Å². The topological polar surface area (TPSA) is 80.0 Å². The average Bonchev–Trinajstić information content (AvgIpc) is 3.28. The van der Waals surface area contributed by atoms with Gasteiger partial charge in [-0.05, 0) is 50.1 Å². The smallest absolute Gasteiger partial charge is 0.237 e. The fourth-order valence-electron chi connectivity index (χ4n) is 2.21. The zero-order valence-electron chi connectivity index (χ0n) is 14.8. The van der Waals surface area contributed by atoms with Crippen molar-refractivity contribution in [2.75, 3.05) is 10.6 Å². The predicted molar refractivity (Wildman–Crippen MR) is 106 cm³/mol. The number of nitrogens with zero attached hydrogens (tertiary/aromatic N) is 2. The molecule has 0 saturated carbocycles. The minimum Gasteiger partial charge on any atom is -0.467 e. The van der Waals surface area contributed by atoms with Crippen LogP contribution in [0.3, 0.4) is 0 Å². The molecule has 0 saturated heterocycles. The molecule has 0 bridgehead atoms. The number of furan rings is 1. The van der Waals surface area contributed by atoms with Crippen molar-refractivity contribution in [3.05, 3.63) is 53.5 Å². The number of rotatable bonds is 7. The van der Waals surface area contributed by atoms with Crippen LogP contribution in [0.2, 0.25) is 0 Å². The van der Waals surface area contributed by atoms with Gasteiger partial charge in [0.2, 0.25) is 11.0 Å². The highest BCUT2D eigenvalue weighted by Gasteiger charge is 2.18. The Morgan fingerprint density at radius 2 is 2.15 bits per heavy atom. The summed E-state index contributed by atoms with van der Waals surface area (Å²) in [7, 11) is 0. The Kier molecular flexibility index (Phi) is 5.95. The number of hydrogen-bond donors (Lipinski definition) is 2. The third kappa shape index (κ3) is 4.86. The van der Waals surface area contributed by atoms with Crippen molar-refractivity contribution in [2.45, 2.75) is 36.9 Å². The number of thioether (sulfide) groups is 1. The van der Waals surface area contributed by atoms with Crippen LogP contribution in [0.25, 0.3) is 0 Å². The second-order valence-electron chi connectivity index (χ2n) is 5.87. The molecule has 1 atom stereocenters. The summed E-state index contributed by atoms with van der Waals surface area (Å²) in [6.45, 7) is 6.40. The average molecular weight is 389 g/mol. The van der Waals surface area contributed by atoms with Crippen molar-refractivity contribution >= 4 is 39.8 Å². The number of carbonyl (C=O) groups excluding carboxylic acids is 1. The van der Waals surface area contributed by atoms with E-state index in [0.717, 1.165) is 26.9 Å². The van der Waals surface area contributed by atoms with Gasteiger partial charge in [-0.25, -0.2) is 0 Å². The maximum Gasteiger partial charge on any atom is 0.237 e. The third-order valence-corrected chi connectivity index (χ3v) is 5.76. The standard InChI is InChI=1S/C18H20N4O2S2/c1-11-6-7-12(2)15(9-11)20-16(23)13(3)25-18-22-21-17(26-18)19-10-14-5-4-8-24-14/h4-9,13H,10H2,1-3H3,(H,19,21)(H,20,23)/t13-/m1/s1. The first-order valence-corrected chi connectivity index (χ1v) is 9.85. The van der Waals surface area contributed by atoms with Crippen molar-refractivity contribution in [3.63, 3.8) is 0 Å². The van der Waals surface area contributed by atoms with Crippen LogP contribution in [-0.4, -0.2) is 21.4 Å². The number of aromatic nitrogens is 2. The van der Waals surface area contributed by atoms with E-state index in [0.29, 0.717) is 11.7 Å². The largest absolute Gasteiger partial charge is 0.467 e. The molecule has 136 valence electrons. The first-order chi connectivity index (χ1) is 12.5. The van der Waals surface area contributed by atoms with Crippen LogP contribution in [-0.2, 0) is 11.3 Å². The van der Waals surface area contributed by atoms with E-state index in [9.17, 15) is 4.79 Å². The van der Waals surface area contributed by atoms with Gasteiger partial charge in [0.25, 0.3) is 0 Å². The van der Waals surface area contributed by atoms with Crippen LogP contribution >= 0.6 is 23.1 Å². The fraction of sp³-hybridized carbons (Fsp3) is 0.278. The lowest BCUT2D eigenvalue weighted by molar-refractivity contribution is -0.115. The SMILES string of the molecule is Cc1ccc(C)c(NC(=O)[C@@H](C)Sc2nnc(NCc3ccco3)s2)c1. The predicted octanol–water partition coefficient (Wildman–Crippen LogP) is 4.48. The normalized spacial score (nSPS) is 12.0. The van der Waals surface area contributed by atoms with E-state index in [4.69, 9.17) is 4.42 Å². The molecule has 0 radical (unpaired) electrons. The van der Waals surface area contributed by atoms with Gasteiger partial charge in [0, 0.05) is 5.69 Å². The maximum absolute atomic E-state index is 12.5. The minimum absolute atomic E-state index is 0.0519. The van der Waals surface area contributed by atoms with Gasteiger partial charge in [0.05, 0.1) is 18.1 Å². The molecule has 2 aromatic heterocycles. The van der Waals surface area contributed by atoms with Gasteiger partial charge < -0.3 is 15.1 Å². The van der Waals surface area contributed by atoms with Gasteiger partial charge in [-0.3, -0.25) is 4.79 Å². The highest BCUT2D eigenvalue weighted by Crippen LogP contribution is 2.30. The Labute approximate surface area is 160 Å². The highest BCUT2D eigenvalue weighted by molar-refractivity contribution is 8.02. The number of anilines is 2. The molecule has 0 fully saturated rings. The fourth-order valence-corrected chi connectivity index (χ4v) is 4.11. The third-order valence-electron chi connectivity index (χ3n) is 3.70. The zero-order valence-corrected chi connectivity index (χ0v) is 16.4. The van der Waals surface area contributed by atoms with E-state index < -0.39 is 0 Å². The van der Waals surface area contributed by atoms with E-state index in [1.54, 1.807) is 6.26 Å². The number of amides is 1. The summed E-state index contributed by atoms with van der Waals surface area (Å²) in [6.07, 6.45) is 1.63. The number of nitrogens with one attached hydrogen (secondary N) is 2. The minimum atomic E-state index is -0.277. The van der Waals surface area contributed by atoms with Crippen molar-refractivity contribution in [1.29, 1.82) is 0 Å². The molecule has 2 heterocycles. The van der Waals surface area contributed by atoms with Crippen molar-refractivity contribution < 1.29 is 9.21 Å². The van der Waals surface area contributed by atoms with Crippen LogP contribution in [0.5, 0.6) is 0 Å². The Morgan fingerprint density at radius 1 is 1.31 bits per heavy atom. The lowest BCUT2D eigenvalue weighted by atomic mass is 10.1. The molecule has 6 nitrogen and oxygen atoms in total. The lowest BCUT2D eigenvalue weighted by Crippen LogP contribution is -2.22. The summed E-state index contributed by atoms with van der Waals surface area (Å²) in [5.74, 6) is 0.777. The van der Waals surface area contributed by atoms with Gasteiger partial charge in [-0.1, -0.05) is 35.2 Å². The summed E-state index contributed by atoms with van der Waals surface area (Å²) >= 11 is 2.81. The van der Waals surface area contributed by atoms with Gasteiger partial charge in [0.1, 0.15) is 5.76 Å². The Morgan fingerprint density at radius 3 is 2.92 bits per heavy atom. The second-order valence-corrected chi connectivity index (χ2v) is 8.44. The molecule has 0 spiro atoms. The number of carbonyl (C=O) groups is 1. The summed E-state index contributed by atoms with van der Waals surface area (Å²) in [5, 5.41) is 14.8. The first kappa shape index (κ1) is 18.5. The molecule has 8 heteroatoms.